The molecule has 0 aromatic rings. The summed E-state index contributed by atoms with van der Waals surface area (Å²) in [6.07, 6.45) is 7.81. The van der Waals surface area contributed by atoms with Gasteiger partial charge in [0.25, 0.3) is 10.2 Å². The fraction of sp³-hybridized carbons (Fsp3) is 1.00. The van der Waals surface area contributed by atoms with Gasteiger partial charge in [-0.2, -0.15) is 17.0 Å². The number of piperidine rings is 1. The Morgan fingerprint density at radius 2 is 1.90 bits per heavy atom. The maximum Gasteiger partial charge on any atom is 0.282 e. The van der Waals surface area contributed by atoms with Gasteiger partial charge in [0.15, 0.2) is 0 Å². The summed E-state index contributed by atoms with van der Waals surface area (Å²) in [5.74, 6) is 0.598. The minimum Gasteiger partial charge on any atom is -0.313 e. The van der Waals surface area contributed by atoms with Crippen molar-refractivity contribution in [2.24, 2.45) is 5.92 Å². The Morgan fingerprint density at radius 3 is 2.52 bits per heavy atom. The van der Waals surface area contributed by atoms with Crippen molar-refractivity contribution in [1.82, 2.24) is 13.9 Å². The lowest BCUT2D eigenvalue weighted by Crippen LogP contribution is -2.52. The summed E-state index contributed by atoms with van der Waals surface area (Å²) in [6, 6.07) is 0.501. The van der Waals surface area contributed by atoms with Crippen molar-refractivity contribution in [3.8, 4) is 0 Å². The monoisotopic (exact) mass is 315 g/mol. The van der Waals surface area contributed by atoms with Crippen LogP contribution in [-0.2, 0) is 10.2 Å². The van der Waals surface area contributed by atoms with Gasteiger partial charge in [-0.25, -0.2) is 0 Å². The quantitative estimate of drug-likeness (QED) is 0.809. The third-order valence-electron chi connectivity index (χ3n) is 5.11. The molecule has 2 aliphatic heterocycles. The molecule has 2 unspecified atom stereocenters. The number of rotatable bonds is 6. The number of hydrogen-bond donors (Lipinski definition) is 1. The van der Waals surface area contributed by atoms with E-state index in [0.717, 1.165) is 38.8 Å². The molecule has 3 aliphatic rings. The summed E-state index contributed by atoms with van der Waals surface area (Å²) in [5.41, 5.74) is 0. The molecule has 0 spiro atoms. The van der Waals surface area contributed by atoms with Crippen molar-refractivity contribution < 1.29 is 8.42 Å². The van der Waals surface area contributed by atoms with Crippen molar-refractivity contribution in [1.29, 1.82) is 0 Å². The minimum absolute atomic E-state index is 0.155. The van der Waals surface area contributed by atoms with Gasteiger partial charge in [0, 0.05) is 31.7 Å². The van der Waals surface area contributed by atoms with E-state index in [0.29, 0.717) is 25.0 Å². The summed E-state index contributed by atoms with van der Waals surface area (Å²) < 4.78 is 29.7. The standard InChI is InChI=1S/C15H29N3O2S/c1-13-5-2-3-10-18(13)21(19,20)17(11-14-7-8-14)12-15-6-4-9-16-15/h13-16H,2-12H2,1H3. The molecule has 2 heterocycles. The molecule has 2 saturated heterocycles. The molecule has 5 nitrogen and oxygen atoms in total. The van der Waals surface area contributed by atoms with Crippen LogP contribution in [0.1, 0.15) is 51.9 Å². The second-order valence-electron chi connectivity index (χ2n) is 7.02. The third-order valence-corrected chi connectivity index (χ3v) is 7.20. The van der Waals surface area contributed by atoms with Crippen LogP contribution in [0.15, 0.2) is 0 Å². The Morgan fingerprint density at radius 1 is 1.10 bits per heavy atom. The molecule has 0 bridgehead atoms. The predicted molar refractivity (Wildman–Crippen MR) is 84.3 cm³/mol. The fourth-order valence-corrected chi connectivity index (χ4v) is 5.56. The van der Waals surface area contributed by atoms with Crippen molar-refractivity contribution in [2.45, 2.75) is 64.0 Å². The van der Waals surface area contributed by atoms with Gasteiger partial charge in [-0.05, 0) is 57.9 Å². The highest BCUT2D eigenvalue weighted by Crippen LogP contribution is 2.32. The van der Waals surface area contributed by atoms with Gasteiger partial charge in [0.1, 0.15) is 0 Å². The van der Waals surface area contributed by atoms with Gasteiger partial charge < -0.3 is 5.32 Å². The average Bonchev–Trinajstić information content (AvgIpc) is 3.12. The molecule has 0 radical (unpaired) electrons. The smallest absolute Gasteiger partial charge is 0.282 e. The highest BCUT2D eigenvalue weighted by molar-refractivity contribution is 7.86. The number of nitrogens with one attached hydrogen (secondary N) is 1. The van der Waals surface area contributed by atoms with Crippen LogP contribution >= 0.6 is 0 Å². The molecular weight excluding hydrogens is 286 g/mol. The zero-order chi connectivity index (χ0) is 14.9. The first-order valence-electron chi connectivity index (χ1n) is 8.57. The lowest BCUT2D eigenvalue weighted by molar-refractivity contribution is 0.237. The molecule has 0 amide bonds. The van der Waals surface area contributed by atoms with E-state index < -0.39 is 10.2 Å². The van der Waals surface area contributed by atoms with Crippen LogP contribution in [0.2, 0.25) is 0 Å². The van der Waals surface area contributed by atoms with Crippen molar-refractivity contribution in [2.75, 3.05) is 26.2 Å². The van der Waals surface area contributed by atoms with E-state index in [-0.39, 0.29) is 6.04 Å². The highest BCUT2D eigenvalue weighted by atomic mass is 32.2. The van der Waals surface area contributed by atoms with Crippen LogP contribution < -0.4 is 5.32 Å². The number of nitrogens with zero attached hydrogens (tertiary/aromatic N) is 2. The van der Waals surface area contributed by atoms with Crippen LogP contribution in [0.4, 0.5) is 0 Å². The van der Waals surface area contributed by atoms with E-state index in [1.807, 2.05) is 0 Å². The van der Waals surface area contributed by atoms with E-state index in [4.69, 9.17) is 0 Å². The van der Waals surface area contributed by atoms with E-state index in [2.05, 4.69) is 12.2 Å². The van der Waals surface area contributed by atoms with Crippen LogP contribution in [0.5, 0.6) is 0 Å². The maximum absolute atomic E-state index is 13.1. The Kier molecular flexibility index (Phi) is 4.88. The van der Waals surface area contributed by atoms with Gasteiger partial charge in [-0.15, -0.1) is 0 Å². The maximum atomic E-state index is 13.1. The fourth-order valence-electron chi connectivity index (χ4n) is 3.57. The van der Waals surface area contributed by atoms with Gasteiger partial charge in [0.2, 0.25) is 0 Å². The SMILES string of the molecule is CC1CCCCN1S(=O)(=O)N(CC1CC1)CC1CCCN1. The predicted octanol–water partition coefficient (Wildman–Crippen LogP) is 1.57. The third kappa shape index (κ3) is 3.78. The van der Waals surface area contributed by atoms with Gasteiger partial charge >= 0.3 is 0 Å². The zero-order valence-corrected chi connectivity index (χ0v) is 13.9. The Bertz CT molecular complexity index is 444. The Hall–Kier alpha value is -0.170. The molecule has 3 rings (SSSR count). The van der Waals surface area contributed by atoms with Gasteiger partial charge in [-0.3, -0.25) is 0 Å². The number of hydrogen-bond acceptors (Lipinski definition) is 3. The molecular formula is C15H29N3O2S. The summed E-state index contributed by atoms with van der Waals surface area (Å²) in [5, 5.41) is 3.44. The molecule has 1 saturated carbocycles. The first-order valence-corrected chi connectivity index (χ1v) is 9.97. The molecule has 0 aromatic heterocycles. The van der Waals surface area contributed by atoms with E-state index in [9.17, 15) is 8.42 Å². The van der Waals surface area contributed by atoms with E-state index in [1.165, 1.54) is 19.3 Å². The first kappa shape index (κ1) is 15.7. The normalized spacial score (nSPS) is 31.9. The molecule has 6 heteroatoms. The van der Waals surface area contributed by atoms with Crippen LogP contribution in [0.3, 0.4) is 0 Å². The van der Waals surface area contributed by atoms with E-state index >= 15 is 0 Å². The van der Waals surface area contributed by atoms with Gasteiger partial charge in [0.05, 0.1) is 0 Å². The summed E-state index contributed by atoms with van der Waals surface area (Å²) in [6.45, 7) is 5.16. The second-order valence-corrected chi connectivity index (χ2v) is 8.90. The first-order chi connectivity index (χ1) is 10.1. The summed E-state index contributed by atoms with van der Waals surface area (Å²) in [4.78, 5) is 0. The minimum atomic E-state index is -3.29. The van der Waals surface area contributed by atoms with Crippen LogP contribution in [0, 0.1) is 5.92 Å². The summed E-state index contributed by atoms with van der Waals surface area (Å²) >= 11 is 0. The Labute approximate surface area is 129 Å². The topological polar surface area (TPSA) is 52.7 Å². The summed E-state index contributed by atoms with van der Waals surface area (Å²) in [7, 11) is -3.29. The van der Waals surface area contributed by atoms with Crippen LogP contribution in [0.25, 0.3) is 0 Å². The highest BCUT2D eigenvalue weighted by Gasteiger charge is 2.38. The van der Waals surface area contributed by atoms with Gasteiger partial charge in [-0.1, -0.05) is 6.42 Å². The second kappa shape index (κ2) is 6.52. The molecule has 1 N–H and O–H groups in total. The van der Waals surface area contributed by atoms with E-state index in [1.54, 1.807) is 8.61 Å². The molecule has 0 aromatic carbocycles. The van der Waals surface area contributed by atoms with Crippen molar-refractivity contribution in [3.63, 3.8) is 0 Å². The Balaban J connectivity index is 1.72. The molecule has 1 aliphatic carbocycles. The molecule has 3 fully saturated rings. The molecule has 2 atom stereocenters. The van der Waals surface area contributed by atoms with Crippen LogP contribution in [-0.4, -0.2) is 55.3 Å². The lowest BCUT2D eigenvalue weighted by Gasteiger charge is -2.37. The zero-order valence-electron chi connectivity index (χ0n) is 13.1. The molecule has 122 valence electrons. The van der Waals surface area contributed by atoms with Crippen molar-refractivity contribution in [3.05, 3.63) is 0 Å². The largest absolute Gasteiger partial charge is 0.313 e. The van der Waals surface area contributed by atoms with Crippen molar-refractivity contribution >= 4 is 10.2 Å². The lowest BCUT2D eigenvalue weighted by atomic mass is 10.1. The average molecular weight is 315 g/mol. The molecule has 21 heavy (non-hydrogen) atoms.